The number of rotatable bonds is 9. The second-order valence-electron chi connectivity index (χ2n) is 17.0. The Labute approximate surface area is 416 Å². The summed E-state index contributed by atoms with van der Waals surface area (Å²) in [5.74, 6) is -3.23. The molecule has 68 heavy (non-hydrogen) atoms. The second-order valence-corrected chi connectivity index (χ2v) is 17.0. The van der Waals surface area contributed by atoms with Crippen LogP contribution in [0.4, 0.5) is 31.5 Å². The van der Waals surface area contributed by atoms with Crippen LogP contribution in [0.25, 0.3) is 49.9 Å². The standard InChI is InChI=1S/C61H45F2N4.Pt/c62-61(63,48-33-34-53-52-27-11-12-30-54(52)67(57(53)40-48)58-41-46(35-38-64-58)60(36-15-4-16-37-60)45-23-9-3-10-24-45)47-25-17-26-49(39-47)65-42-66(56-32-14-13-31-55(56)65)59-50(43-19-5-1-6-20-43)28-18-29-51(59)44-21-7-2-8-22-44;/h1-3,5-14,17-35,38,41-42H,4,15-16,36-37H2;/q-3;/i36D2,37D2;. The molecule has 1 aliphatic carbocycles. The van der Waals surface area contributed by atoms with Gasteiger partial charge in [-0.2, -0.15) is 36.4 Å². The summed E-state index contributed by atoms with van der Waals surface area (Å²) in [6, 6.07) is 69.0. The zero-order valence-corrected chi connectivity index (χ0v) is 39.0. The Morgan fingerprint density at radius 2 is 1.16 bits per heavy atom. The van der Waals surface area contributed by atoms with Crippen LogP contribution in [-0.2, 0) is 32.4 Å². The van der Waals surface area contributed by atoms with Crippen LogP contribution < -0.4 is 9.80 Å². The molecule has 10 aromatic rings. The summed E-state index contributed by atoms with van der Waals surface area (Å²) in [6.45, 7) is 1.95. The van der Waals surface area contributed by atoms with E-state index in [9.17, 15) is 5.48 Å². The maximum atomic E-state index is 17.5. The van der Waals surface area contributed by atoms with E-state index in [4.69, 9.17) is 4.98 Å². The SMILES string of the molecule is [2H]C1([2H])CCCC([2H])([2H])C1(c1ccccc1)c1ccnc(-n2c3[c-]c(C(F)(F)c4[c-]c(N5[CH-]N(c6c(-c7ccccc7)cccc6-c6ccccc6)c6ccccc65)ccc4)ccc3c3ccccc32)c1.[Pt]. The molecule has 1 fully saturated rings. The van der Waals surface area contributed by atoms with E-state index in [0.29, 0.717) is 45.5 Å². The monoisotopic (exact) mass is 1070 g/mol. The number of fused-ring (bicyclic) bond motifs is 4. The van der Waals surface area contributed by atoms with Gasteiger partial charge in [-0.15, -0.1) is 23.8 Å². The van der Waals surface area contributed by atoms with Gasteiger partial charge < -0.3 is 14.4 Å². The van der Waals surface area contributed by atoms with Crippen molar-refractivity contribution in [2.75, 3.05) is 9.80 Å². The topological polar surface area (TPSA) is 24.3 Å². The molecular formula is C61H45F2N4Pt-3. The molecule has 1 saturated carbocycles. The van der Waals surface area contributed by atoms with Crippen LogP contribution in [0, 0.1) is 18.8 Å². The van der Waals surface area contributed by atoms with Gasteiger partial charge in [0.1, 0.15) is 5.82 Å². The van der Waals surface area contributed by atoms with E-state index in [1.165, 1.54) is 12.1 Å². The molecule has 0 spiro atoms. The third kappa shape index (κ3) is 7.34. The summed E-state index contributed by atoms with van der Waals surface area (Å²) in [7, 11) is 0. The molecule has 12 rings (SSSR count). The number of hydrogen-bond acceptors (Lipinski definition) is 3. The minimum atomic E-state index is -3.56. The number of hydrogen-bond donors (Lipinski definition) is 0. The van der Waals surface area contributed by atoms with Crippen molar-refractivity contribution in [2.45, 2.75) is 43.3 Å². The summed E-state index contributed by atoms with van der Waals surface area (Å²) in [6.07, 6.45) is -1.67. The zero-order chi connectivity index (χ0) is 48.5. The molecule has 2 aliphatic rings. The molecule has 2 aromatic heterocycles. The second kappa shape index (κ2) is 17.8. The van der Waals surface area contributed by atoms with E-state index >= 15 is 8.78 Å². The first-order chi connectivity index (χ1) is 34.5. The fourth-order valence-electron chi connectivity index (χ4n) is 9.97. The zero-order valence-electron chi connectivity index (χ0n) is 40.7. The van der Waals surface area contributed by atoms with Crippen molar-refractivity contribution in [3.05, 3.63) is 247 Å². The van der Waals surface area contributed by atoms with Gasteiger partial charge in [0.25, 0.3) is 5.92 Å². The van der Waals surface area contributed by atoms with Crippen molar-refractivity contribution in [3.63, 3.8) is 0 Å². The average Bonchev–Trinajstić information content (AvgIpc) is 3.95. The normalized spacial score (nSPS) is 16.9. The van der Waals surface area contributed by atoms with Gasteiger partial charge in [0.2, 0.25) is 0 Å². The van der Waals surface area contributed by atoms with E-state index in [-0.39, 0.29) is 45.0 Å². The van der Waals surface area contributed by atoms with E-state index in [1.807, 2.05) is 115 Å². The van der Waals surface area contributed by atoms with Gasteiger partial charge in [0, 0.05) is 71.9 Å². The van der Waals surface area contributed by atoms with E-state index in [0.717, 1.165) is 44.7 Å². The predicted octanol–water partition coefficient (Wildman–Crippen LogP) is 15.9. The fourth-order valence-corrected chi connectivity index (χ4v) is 9.97. The molecule has 336 valence electrons. The maximum Gasteiger partial charge on any atom is 0.254 e. The van der Waals surface area contributed by atoms with Crippen LogP contribution >= 0.6 is 0 Å². The molecule has 0 atom stereocenters. The number of alkyl halides is 2. The van der Waals surface area contributed by atoms with Crippen molar-refractivity contribution < 1.29 is 35.3 Å². The molecule has 0 saturated heterocycles. The molecule has 7 heteroatoms. The minimum absolute atomic E-state index is 0. The molecule has 0 unspecified atom stereocenters. The molecule has 1 aliphatic heterocycles. The summed E-state index contributed by atoms with van der Waals surface area (Å²) in [4.78, 5) is 8.84. The third-order valence-corrected chi connectivity index (χ3v) is 13.1. The van der Waals surface area contributed by atoms with Crippen molar-refractivity contribution in [1.29, 1.82) is 0 Å². The van der Waals surface area contributed by atoms with Crippen LogP contribution in [0.2, 0.25) is 0 Å². The number of nitrogens with zero attached hydrogens (tertiary/aromatic N) is 4. The Bertz CT molecular complexity index is 3550. The largest absolute Gasteiger partial charge is 0.493 e. The molecule has 0 bridgehead atoms. The summed E-state index contributed by atoms with van der Waals surface area (Å²) in [5.41, 5.74) is 6.78. The van der Waals surface area contributed by atoms with Crippen molar-refractivity contribution >= 4 is 44.6 Å². The van der Waals surface area contributed by atoms with E-state index < -0.39 is 24.1 Å². The van der Waals surface area contributed by atoms with E-state index in [2.05, 4.69) is 59.5 Å². The van der Waals surface area contributed by atoms with Gasteiger partial charge in [-0.05, 0) is 70.7 Å². The first-order valence-corrected chi connectivity index (χ1v) is 22.6. The minimum Gasteiger partial charge on any atom is -0.493 e. The van der Waals surface area contributed by atoms with E-state index in [1.54, 1.807) is 53.2 Å². The fraction of sp³-hybridized carbons (Fsp3) is 0.115. The average molecular weight is 1070 g/mol. The number of benzene rings is 8. The Morgan fingerprint density at radius 3 is 1.87 bits per heavy atom. The van der Waals surface area contributed by atoms with Crippen LogP contribution in [0.15, 0.2) is 206 Å². The number of aromatic nitrogens is 2. The van der Waals surface area contributed by atoms with Gasteiger partial charge in [-0.1, -0.05) is 175 Å². The summed E-state index contributed by atoms with van der Waals surface area (Å²) in [5, 5.41) is 1.48. The smallest absolute Gasteiger partial charge is 0.254 e. The summed E-state index contributed by atoms with van der Waals surface area (Å²) < 4.78 is 74.7. The maximum absolute atomic E-state index is 17.5. The summed E-state index contributed by atoms with van der Waals surface area (Å²) >= 11 is 0. The number of para-hydroxylation sites is 4. The van der Waals surface area contributed by atoms with Crippen molar-refractivity contribution in [1.82, 2.24) is 9.55 Å². The van der Waals surface area contributed by atoms with Crippen molar-refractivity contribution in [3.8, 4) is 28.1 Å². The van der Waals surface area contributed by atoms with Crippen LogP contribution in [-0.4, -0.2) is 9.55 Å². The Kier molecular flexibility index (Phi) is 10.2. The quantitative estimate of drug-likeness (QED) is 0.135. The molecular weight excluding hydrogens is 1020 g/mol. The molecule has 4 nitrogen and oxygen atoms in total. The van der Waals surface area contributed by atoms with Gasteiger partial charge in [-0.3, -0.25) is 0 Å². The Morgan fingerprint density at radius 1 is 0.559 bits per heavy atom. The van der Waals surface area contributed by atoms with Crippen molar-refractivity contribution in [2.24, 2.45) is 0 Å². The molecule has 0 N–H and O–H groups in total. The molecule has 0 radical (unpaired) electrons. The third-order valence-electron chi connectivity index (χ3n) is 13.1. The first kappa shape index (κ1) is 38.9. The first-order valence-electron chi connectivity index (χ1n) is 24.6. The van der Waals surface area contributed by atoms with Gasteiger partial charge in [-0.25, -0.2) is 13.8 Å². The molecule has 0 amide bonds. The number of anilines is 4. The van der Waals surface area contributed by atoms with Gasteiger partial charge >= 0.3 is 0 Å². The van der Waals surface area contributed by atoms with Crippen LogP contribution in [0.1, 0.15) is 59.7 Å². The number of halogens is 2. The van der Waals surface area contributed by atoms with Gasteiger partial charge in [0.15, 0.2) is 0 Å². The Balaban J connectivity index is 0.00000560. The predicted molar refractivity (Wildman–Crippen MR) is 268 cm³/mol. The molecule has 3 heterocycles. The van der Waals surface area contributed by atoms with Crippen LogP contribution in [0.3, 0.4) is 0 Å². The van der Waals surface area contributed by atoms with Gasteiger partial charge in [0.05, 0.1) is 0 Å². The number of pyridine rings is 1. The Hall–Kier alpha value is -7.14. The molecule has 8 aromatic carbocycles. The van der Waals surface area contributed by atoms with Crippen LogP contribution in [0.5, 0.6) is 0 Å².